The highest BCUT2D eigenvalue weighted by molar-refractivity contribution is 7.17. The minimum Gasteiger partial charge on any atom is -0.347 e. The van der Waals surface area contributed by atoms with Crippen LogP contribution in [0.25, 0.3) is 5.13 Å². The van der Waals surface area contributed by atoms with Gasteiger partial charge in [0.2, 0.25) is 10.3 Å². The Bertz CT molecular complexity index is 928. The predicted octanol–water partition coefficient (Wildman–Crippen LogP) is 3.78. The highest BCUT2D eigenvalue weighted by Crippen LogP contribution is 2.26. The summed E-state index contributed by atoms with van der Waals surface area (Å²) in [6.07, 6.45) is 6.70. The summed E-state index contributed by atoms with van der Waals surface area (Å²) >= 11 is 1.50. The summed E-state index contributed by atoms with van der Waals surface area (Å²) in [5.41, 5.74) is 1.34. The van der Waals surface area contributed by atoms with Crippen molar-refractivity contribution in [2.24, 2.45) is 0 Å². The molecule has 1 N–H and O–H groups in total. The summed E-state index contributed by atoms with van der Waals surface area (Å²) in [6.45, 7) is 2.34. The number of hydrogen-bond donors (Lipinski definition) is 1. The summed E-state index contributed by atoms with van der Waals surface area (Å²) in [4.78, 5) is 14.9. The van der Waals surface area contributed by atoms with E-state index in [1.807, 2.05) is 12.3 Å². The number of benzene rings is 1. The standard InChI is InChI=1S/C20H22FN5OS/c21-16-9-7-15(8-10-16)14-22-18(27)17-6-5-13-26(17)20-24-23-19(28-20)25-11-3-1-2-4-12-25/h5-10,13H,1-4,11-12,14H2,(H,22,27). The number of nitrogens with zero attached hydrogens (tertiary/aromatic N) is 4. The third kappa shape index (κ3) is 4.22. The van der Waals surface area contributed by atoms with Crippen LogP contribution in [0.15, 0.2) is 42.6 Å². The fourth-order valence-electron chi connectivity index (χ4n) is 3.30. The lowest BCUT2D eigenvalue weighted by Gasteiger charge is -2.17. The van der Waals surface area contributed by atoms with Gasteiger partial charge >= 0.3 is 0 Å². The lowest BCUT2D eigenvalue weighted by atomic mass is 10.2. The molecule has 0 bridgehead atoms. The third-order valence-corrected chi connectivity index (χ3v) is 5.82. The minimum absolute atomic E-state index is 0.208. The van der Waals surface area contributed by atoms with Crippen LogP contribution >= 0.6 is 11.3 Å². The van der Waals surface area contributed by atoms with Crippen molar-refractivity contribution in [1.29, 1.82) is 0 Å². The van der Waals surface area contributed by atoms with Crippen LogP contribution in [0.1, 0.15) is 41.7 Å². The zero-order valence-corrected chi connectivity index (χ0v) is 16.3. The van der Waals surface area contributed by atoms with E-state index in [-0.39, 0.29) is 11.7 Å². The van der Waals surface area contributed by atoms with Gasteiger partial charge in [0.05, 0.1) is 0 Å². The van der Waals surface area contributed by atoms with Crippen molar-refractivity contribution in [2.45, 2.75) is 32.2 Å². The van der Waals surface area contributed by atoms with Gasteiger partial charge in [0, 0.05) is 25.8 Å². The molecular weight excluding hydrogens is 377 g/mol. The number of amides is 1. The highest BCUT2D eigenvalue weighted by atomic mass is 32.1. The summed E-state index contributed by atoms with van der Waals surface area (Å²) in [6, 6.07) is 9.66. The van der Waals surface area contributed by atoms with Gasteiger partial charge in [0.25, 0.3) is 5.91 Å². The van der Waals surface area contributed by atoms with Crippen molar-refractivity contribution >= 4 is 22.4 Å². The number of hydrogen-bond acceptors (Lipinski definition) is 5. The Morgan fingerprint density at radius 3 is 2.50 bits per heavy atom. The molecule has 0 radical (unpaired) electrons. The number of nitrogens with one attached hydrogen (secondary N) is 1. The summed E-state index contributed by atoms with van der Waals surface area (Å²) in [7, 11) is 0. The molecule has 1 amide bonds. The van der Waals surface area contributed by atoms with Crippen molar-refractivity contribution in [3.05, 3.63) is 59.7 Å². The SMILES string of the molecule is O=C(NCc1ccc(F)cc1)c1cccn1-c1nnc(N2CCCCCC2)s1. The first-order chi connectivity index (χ1) is 13.7. The molecule has 4 rings (SSSR count). The van der Waals surface area contributed by atoms with Crippen LogP contribution in [0.2, 0.25) is 0 Å². The van der Waals surface area contributed by atoms with E-state index >= 15 is 0 Å². The maximum absolute atomic E-state index is 13.0. The smallest absolute Gasteiger partial charge is 0.268 e. The molecule has 0 saturated carbocycles. The van der Waals surface area contributed by atoms with Crippen LogP contribution < -0.4 is 10.2 Å². The van der Waals surface area contributed by atoms with Crippen molar-refractivity contribution < 1.29 is 9.18 Å². The lowest BCUT2D eigenvalue weighted by Crippen LogP contribution is -2.25. The van der Waals surface area contributed by atoms with Crippen molar-refractivity contribution in [3.63, 3.8) is 0 Å². The van der Waals surface area contributed by atoms with Crippen LogP contribution in [-0.2, 0) is 6.54 Å². The van der Waals surface area contributed by atoms with Crippen LogP contribution in [0, 0.1) is 5.82 Å². The van der Waals surface area contributed by atoms with E-state index in [9.17, 15) is 9.18 Å². The van der Waals surface area contributed by atoms with Gasteiger partial charge in [0.15, 0.2) is 0 Å². The molecule has 1 aromatic carbocycles. The minimum atomic E-state index is -0.291. The molecule has 3 aromatic rings. The second kappa shape index (κ2) is 8.52. The van der Waals surface area contributed by atoms with E-state index < -0.39 is 0 Å². The third-order valence-electron chi connectivity index (χ3n) is 4.83. The van der Waals surface area contributed by atoms with Gasteiger partial charge in [-0.25, -0.2) is 4.39 Å². The fourth-order valence-corrected chi connectivity index (χ4v) is 4.20. The molecular formula is C20H22FN5OS. The van der Waals surface area contributed by atoms with Gasteiger partial charge in [-0.3, -0.25) is 9.36 Å². The van der Waals surface area contributed by atoms with Crippen LogP contribution in [0.3, 0.4) is 0 Å². The maximum atomic E-state index is 13.0. The second-order valence-electron chi connectivity index (χ2n) is 6.84. The quantitative estimate of drug-likeness (QED) is 0.709. The summed E-state index contributed by atoms with van der Waals surface area (Å²) in [5, 5.41) is 13.1. The number of halogens is 1. The first kappa shape index (κ1) is 18.6. The Labute approximate surface area is 167 Å². The monoisotopic (exact) mass is 399 g/mol. The molecule has 146 valence electrons. The number of aromatic nitrogens is 3. The average Bonchev–Trinajstić information content (AvgIpc) is 3.31. The number of carbonyl (C=O) groups excluding carboxylic acids is 1. The molecule has 0 spiro atoms. The molecule has 1 fully saturated rings. The lowest BCUT2D eigenvalue weighted by molar-refractivity contribution is 0.0944. The molecule has 0 aliphatic carbocycles. The molecule has 0 atom stereocenters. The molecule has 1 aliphatic heterocycles. The number of rotatable bonds is 5. The second-order valence-corrected chi connectivity index (χ2v) is 7.78. The van der Waals surface area contributed by atoms with Crippen molar-refractivity contribution in [2.75, 3.05) is 18.0 Å². The first-order valence-electron chi connectivity index (χ1n) is 9.49. The summed E-state index contributed by atoms with van der Waals surface area (Å²) < 4.78 is 14.8. The topological polar surface area (TPSA) is 63.1 Å². The van der Waals surface area contributed by atoms with Crippen LogP contribution in [-0.4, -0.2) is 33.8 Å². The van der Waals surface area contributed by atoms with E-state index in [1.54, 1.807) is 22.8 Å². The zero-order chi connectivity index (χ0) is 19.3. The molecule has 1 aliphatic rings. The molecule has 8 heteroatoms. The van der Waals surface area contributed by atoms with Crippen molar-refractivity contribution in [3.8, 4) is 5.13 Å². The molecule has 0 unspecified atom stereocenters. The molecule has 6 nitrogen and oxygen atoms in total. The van der Waals surface area contributed by atoms with E-state index in [0.29, 0.717) is 17.4 Å². The largest absolute Gasteiger partial charge is 0.347 e. The average molecular weight is 399 g/mol. The molecule has 1 saturated heterocycles. The van der Waals surface area contributed by atoms with Gasteiger partial charge in [-0.05, 0) is 42.7 Å². The van der Waals surface area contributed by atoms with Crippen molar-refractivity contribution in [1.82, 2.24) is 20.1 Å². The first-order valence-corrected chi connectivity index (χ1v) is 10.3. The Balaban J connectivity index is 1.46. The van der Waals surface area contributed by atoms with Gasteiger partial charge < -0.3 is 10.2 Å². The fraction of sp³-hybridized carbons (Fsp3) is 0.350. The highest BCUT2D eigenvalue weighted by Gasteiger charge is 2.18. The summed E-state index contributed by atoms with van der Waals surface area (Å²) in [5.74, 6) is -0.499. The normalized spacial score (nSPS) is 14.7. The van der Waals surface area contributed by atoms with Crippen LogP contribution in [0.4, 0.5) is 9.52 Å². The van der Waals surface area contributed by atoms with E-state index in [4.69, 9.17) is 0 Å². The van der Waals surface area contributed by atoms with Crippen LogP contribution in [0.5, 0.6) is 0 Å². The van der Waals surface area contributed by atoms with E-state index in [1.165, 1.54) is 49.2 Å². The Kier molecular flexibility index (Phi) is 5.66. The van der Waals surface area contributed by atoms with Gasteiger partial charge in [-0.2, -0.15) is 0 Å². The molecule has 3 heterocycles. The Morgan fingerprint density at radius 2 is 1.75 bits per heavy atom. The van der Waals surface area contributed by atoms with E-state index in [0.717, 1.165) is 23.8 Å². The molecule has 2 aromatic heterocycles. The Morgan fingerprint density at radius 1 is 1.04 bits per heavy atom. The number of anilines is 1. The maximum Gasteiger partial charge on any atom is 0.268 e. The Hall–Kier alpha value is -2.74. The van der Waals surface area contributed by atoms with E-state index in [2.05, 4.69) is 20.4 Å². The van der Waals surface area contributed by atoms with Gasteiger partial charge in [-0.15, -0.1) is 10.2 Å². The number of carbonyl (C=O) groups is 1. The predicted molar refractivity (Wildman–Crippen MR) is 107 cm³/mol. The molecule has 28 heavy (non-hydrogen) atoms. The van der Waals surface area contributed by atoms with Gasteiger partial charge in [0.1, 0.15) is 11.5 Å². The van der Waals surface area contributed by atoms with Gasteiger partial charge in [-0.1, -0.05) is 36.3 Å². The zero-order valence-electron chi connectivity index (χ0n) is 15.5.